The van der Waals surface area contributed by atoms with Gasteiger partial charge in [0.25, 0.3) is 0 Å². The highest BCUT2D eigenvalue weighted by Crippen LogP contribution is 2.30. The molecule has 28 heavy (non-hydrogen) atoms. The zero-order valence-electron chi connectivity index (χ0n) is 15.5. The highest BCUT2D eigenvalue weighted by molar-refractivity contribution is 8.02. The third-order valence-electron chi connectivity index (χ3n) is 4.03. The predicted octanol–water partition coefficient (Wildman–Crippen LogP) is 2.86. The number of sulfonamides is 1. The molecule has 2 atom stereocenters. The molecule has 1 aliphatic rings. The lowest BCUT2D eigenvalue weighted by molar-refractivity contribution is 0.0994. The summed E-state index contributed by atoms with van der Waals surface area (Å²) in [5, 5.41) is 11.9. The molecule has 1 fully saturated rings. The number of rotatable bonds is 9. The van der Waals surface area contributed by atoms with Crippen LogP contribution in [0.4, 0.5) is 10.8 Å². The van der Waals surface area contributed by atoms with Crippen molar-refractivity contribution in [2.24, 2.45) is 0 Å². The SMILES string of the molecule is C[C@@H](Sc1nnc(NC[C@@H]2CCCO2)s1)C(=O)c1ccc(NS(C)(=O)=O)cc1. The van der Waals surface area contributed by atoms with Crippen molar-refractivity contribution < 1.29 is 17.9 Å². The van der Waals surface area contributed by atoms with Crippen LogP contribution >= 0.6 is 23.1 Å². The third-order valence-corrected chi connectivity index (χ3v) is 6.70. The van der Waals surface area contributed by atoms with Gasteiger partial charge in [-0.3, -0.25) is 9.52 Å². The van der Waals surface area contributed by atoms with E-state index in [1.54, 1.807) is 24.3 Å². The molecule has 1 aromatic carbocycles. The molecule has 152 valence electrons. The average molecular weight is 443 g/mol. The van der Waals surface area contributed by atoms with Gasteiger partial charge >= 0.3 is 0 Å². The number of nitrogens with one attached hydrogen (secondary N) is 2. The van der Waals surface area contributed by atoms with E-state index < -0.39 is 10.0 Å². The summed E-state index contributed by atoms with van der Waals surface area (Å²) in [7, 11) is -3.34. The van der Waals surface area contributed by atoms with Gasteiger partial charge in [0.1, 0.15) is 0 Å². The Morgan fingerprint density at radius 3 is 2.75 bits per heavy atom. The molecule has 1 aliphatic heterocycles. The van der Waals surface area contributed by atoms with Gasteiger partial charge in [-0.25, -0.2) is 8.42 Å². The maximum absolute atomic E-state index is 12.6. The summed E-state index contributed by atoms with van der Waals surface area (Å²) in [5.74, 6) is -0.0556. The second kappa shape index (κ2) is 9.21. The van der Waals surface area contributed by atoms with E-state index in [0.29, 0.717) is 27.3 Å². The van der Waals surface area contributed by atoms with Crippen molar-refractivity contribution in [3.63, 3.8) is 0 Å². The molecule has 11 heteroatoms. The summed E-state index contributed by atoms with van der Waals surface area (Å²) in [4.78, 5) is 12.6. The second-order valence-electron chi connectivity index (χ2n) is 6.46. The summed E-state index contributed by atoms with van der Waals surface area (Å²) >= 11 is 2.76. The van der Waals surface area contributed by atoms with Crippen molar-refractivity contribution in [1.82, 2.24) is 10.2 Å². The van der Waals surface area contributed by atoms with Crippen molar-refractivity contribution in [2.75, 3.05) is 29.4 Å². The highest BCUT2D eigenvalue weighted by atomic mass is 32.2. The van der Waals surface area contributed by atoms with Crippen molar-refractivity contribution in [2.45, 2.75) is 35.5 Å². The van der Waals surface area contributed by atoms with E-state index in [1.807, 2.05) is 6.92 Å². The Balaban J connectivity index is 1.53. The minimum atomic E-state index is -3.34. The van der Waals surface area contributed by atoms with Gasteiger partial charge in [0, 0.05) is 24.4 Å². The Bertz CT molecular complexity index is 909. The largest absolute Gasteiger partial charge is 0.376 e. The van der Waals surface area contributed by atoms with E-state index >= 15 is 0 Å². The molecule has 0 amide bonds. The number of benzene rings is 1. The van der Waals surface area contributed by atoms with Crippen LogP contribution in [0, 0.1) is 0 Å². The van der Waals surface area contributed by atoms with Gasteiger partial charge in [-0.1, -0.05) is 23.1 Å². The fraction of sp³-hybridized carbons (Fsp3) is 0.471. The summed E-state index contributed by atoms with van der Waals surface area (Å²) in [5.41, 5.74) is 0.936. The molecule has 0 aliphatic carbocycles. The lowest BCUT2D eigenvalue weighted by Crippen LogP contribution is -2.18. The molecular formula is C17H22N4O4S3. The maximum Gasteiger partial charge on any atom is 0.229 e. The van der Waals surface area contributed by atoms with Crippen LogP contribution in [0.25, 0.3) is 0 Å². The zero-order chi connectivity index (χ0) is 20.1. The number of carbonyl (C=O) groups excluding carboxylic acids is 1. The number of Topliss-reactive ketones (excluding diaryl/α,β-unsaturated/α-hetero) is 1. The van der Waals surface area contributed by atoms with Crippen LogP contribution < -0.4 is 10.0 Å². The molecule has 8 nitrogen and oxygen atoms in total. The quantitative estimate of drug-likeness (QED) is 0.451. The molecule has 2 N–H and O–H groups in total. The number of carbonyl (C=O) groups is 1. The first-order chi connectivity index (χ1) is 13.3. The Kier molecular flexibility index (Phi) is 6.91. The van der Waals surface area contributed by atoms with Crippen LogP contribution in [-0.2, 0) is 14.8 Å². The van der Waals surface area contributed by atoms with E-state index in [9.17, 15) is 13.2 Å². The van der Waals surface area contributed by atoms with Crippen LogP contribution in [-0.4, -0.2) is 55.2 Å². The Labute approximate surface area is 172 Å². The fourth-order valence-electron chi connectivity index (χ4n) is 2.69. The molecule has 1 saturated heterocycles. The number of hydrogen-bond donors (Lipinski definition) is 2. The van der Waals surface area contributed by atoms with Crippen molar-refractivity contribution in [1.29, 1.82) is 0 Å². The molecule has 3 rings (SSSR count). The lowest BCUT2D eigenvalue weighted by Gasteiger charge is -2.09. The topological polar surface area (TPSA) is 110 Å². The molecule has 0 spiro atoms. The second-order valence-corrected chi connectivity index (χ2v) is 10.8. The summed E-state index contributed by atoms with van der Waals surface area (Å²) in [6, 6.07) is 6.37. The molecule has 0 unspecified atom stereocenters. The Morgan fingerprint density at radius 2 is 2.11 bits per heavy atom. The molecule has 2 heterocycles. The minimum absolute atomic E-state index is 0.0556. The van der Waals surface area contributed by atoms with E-state index in [2.05, 4.69) is 20.2 Å². The number of thioether (sulfide) groups is 1. The van der Waals surface area contributed by atoms with Gasteiger partial charge in [0.2, 0.25) is 15.2 Å². The lowest BCUT2D eigenvalue weighted by atomic mass is 10.1. The standard InChI is InChI=1S/C17H22N4O4S3/c1-11(15(22)12-5-7-13(8-6-12)21-28(2,23)24)26-17-20-19-16(27-17)18-10-14-4-3-9-25-14/h5-8,11,14,21H,3-4,9-10H2,1-2H3,(H,18,19)/t11-,14+/m1/s1. The van der Waals surface area contributed by atoms with Crippen molar-refractivity contribution in [3.05, 3.63) is 29.8 Å². The van der Waals surface area contributed by atoms with Gasteiger partial charge in [-0.15, -0.1) is 10.2 Å². The van der Waals surface area contributed by atoms with E-state index in [1.165, 1.54) is 23.1 Å². The number of anilines is 2. The van der Waals surface area contributed by atoms with Crippen molar-refractivity contribution in [3.8, 4) is 0 Å². The summed E-state index contributed by atoms with van der Waals surface area (Å²) < 4.78 is 31.2. The summed E-state index contributed by atoms with van der Waals surface area (Å²) in [6.07, 6.45) is 3.45. The monoisotopic (exact) mass is 442 g/mol. The number of aromatic nitrogens is 2. The molecule has 0 radical (unpaired) electrons. The number of ketones is 1. The minimum Gasteiger partial charge on any atom is -0.376 e. The smallest absolute Gasteiger partial charge is 0.229 e. The molecule has 0 bridgehead atoms. The van der Waals surface area contributed by atoms with Gasteiger partial charge in [0.15, 0.2) is 10.1 Å². The van der Waals surface area contributed by atoms with Crippen molar-refractivity contribution >= 4 is 49.7 Å². The van der Waals surface area contributed by atoms with Crippen LogP contribution in [0.2, 0.25) is 0 Å². The third kappa shape index (κ3) is 6.16. The van der Waals surface area contributed by atoms with Gasteiger partial charge in [0.05, 0.1) is 17.6 Å². The van der Waals surface area contributed by atoms with Gasteiger partial charge < -0.3 is 10.1 Å². The Hall–Kier alpha value is -1.69. The molecule has 0 saturated carbocycles. The van der Waals surface area contributed by atoms with Crippen LogP contribution in [0.5, 0.6) is 0 Å². The predicted molar refractivity (Wildman–Crippen MR) is 112 cm³/mol. The number of nitrogens with zero attached hydrogens (tertiary/aromatic N) is 2. The zero-order valence-corrected chi connectivity index (χ0v) is 18.0. The van der Waals surface area contributed by atoms with Crippen LogP contribution in [0.3, 0.4) is 0 Å². The van der Waals surface area contributed by atoms with Gasteiger partial charge in [-0.2, -0.15) is 0 Å². The molecule has 1 aromatic heterocycles. The fourth-order valence-corrected chi connectivity index (χ4v) is 5.24. The number of ether oxygens (including phenoxy) is 1. The number of hydrogen-bond acceptors (Lipinski definition) is 9. The first kappa shape index (κ1) is 21.0. The normalized spacial score (nSPS) is 18.0. The van der Waals surface area contributed by atoms with E-state index in [0.717, 1.165) is 25.7 Å². The first-order valence-corrected chi connectivity index (χ1v) is 12.4. The first-order valence-electron chi connectivity index (χ1n) is 8.78. The molecular weight excluding hydrogens is 420 g/mol. The Morgan fingerprint density at radius 1 is 1.36 bits per heavy atom. The molecule has 2 aromatic rings. The van der Waals surface area contributed by atoms with E-state index in [-0.39, 0.29) is 17.1 Å². The highest BCUT2D eigenvalue weighted by Gasteiger charge is 2.20. The van der Waals surface area contributed by atoms with E-state index in [4.69, 9.17) is 4.74 Å². The van der Waals surface area contributed by atoms with Crippen LogP contribution in [0.15, 0.2) is 28.6 Å². The maximum atomic E-state index is 12.6. The average Bonchev–Trinajstić information content (AvgIpc) is 3.30. The van der Waals surface area contributed by atoms with Crippen LogP contribution in [0.1, 0.15) is 30.1 Å². The summed E-state index contributed by atoms with van der Waals surface area (Å²) in [6.45, 7) is 3.34. The van der Waals surface area contributed by atoms with Gasteiger partial charge in [-0.05, 0) is 44.0 Å².